The van der Waals surface area contributed by atoms with Gasteiger partial charge in [-0.15, -0.1) is 0 Å². The number of imidazole rings is 1. The van der Waals surface area contributed by atoms with Gasteiger partial charge < -0.3 is 4.84 Å². The molecular formula is C31H49N3O. The maximum Gasteiger partial charge on any atom is 0.144 e. The molecule has 2 aromatic heterocycles. The Morgan fingerprint density at radius 3 is 1.80 bits per heavy atom. The normalized spacial score (nSPS) is 10.8. The number of hydrogen-bond acceptors (Lipinski definition) is 3. The lowest BCUT2D eigenvalue weighted by molar-refractivity contribution is 0.114. The van der Waals surface area contributed by atoms with Crippen molar-refractivity contribution in [2.45, 2.75) is 117 Å². The summed E-state index contributed by atoms with van der Waals surface area (Å²) in [5, 5.41) is 1.20. The zero-order valence-corrected chi connectivity index (χ0v) is 22.5. The molecule has 35 heavy (non-hydrogen) atoms. The van der Waals surface area contributed by atoms with E-state index >= 15 is 0 Å². The van der Waals surface area contributed by atoms with Crippen LogP contribution in [0.2, 0.25) is 0 Å². The highest BCUT2D eigenvalue weighted by molar-refractivity contribution is 5.77. The molecule has 0 bridgehead atoms. The second-order valence-corrected chi connectivity index (χ2v) is 9.48. The van der Waals surface area contributed by atoms with Gasteiger partial charge in [0.1, 0.15) is 12.4 Å². The van der Waals surface area contributed by atoms with E-state index in [0.717, 1.165) is 17.8 Å². The van der Waals surface area contributed by atoms with Gasteiger partial charge in [0, 0.05) is 24.2 Å². The van der Waals surface area contributed by atoms with Crippen LogP contribution >= 0.6 is 0 Å². The molecule has 0 N–H and O–H groups in total. The van der Waals surface area contributed by atoms with Gasteiger partial charge in [-0.1, -0.05) is 121 Å². The van der Waals surface area contributed by atoms with Crippen LogP contribution in [0, 0.1) is 0 Å². The standard InChI is InChI=1S/C22H42N2O.C9H7N/c1-3-5-6-7-8-9-10-11-12-13-14-15-16-17-18-19-22-23-20-21-24(22)25-4-2;1-2-6-9-8(4-1)5-3-7-10-9/h20-21H,3-19H2,1-2H3;1-7H. The van der Waals surface area contributed by atoms with Crippen LogP contribution in [0.1, 0.15) is 116 Å². The molecule has 0 saturated heterocycles. The molecule has 3 rings (SSSR count). The summed E-state index contributed by atoms with van der Waals surface area (Å²) >= 11 is 0. The molecule has 0 atom stereocenters. The van der Waals surface area contributed by atoms with Crippen molar-refractivity contribution in [3.63, 3.8) is 0 Å². The molecule has 0 saturated carbocycles. The number of benzene rings is 1. The van der Waals surface area contributed by atoms with Gasteiger partial charge in [0.2, 0.25) is 0 Å². The molecule has 0 radical (unpaired) electrons. The molecule has 194 valence electrons. The summed E-state index contributed by atoms with van der Waals surface area (Å²) in [7, 11) is 0. The average molecular weight is 480 g/mol. The molecule has 1 aromatic carbocycles. The van der Waals surface area contributed by atoms with Gasteiger partial charge in [-0.25, -0.2) is 4.98 Å². The first-order valence-electron chi connectivity index (χ1n) is 14.3. The number of unbranched alkanes of at least 4 members (excludes halogenated alkanes) is 14. The number of aryl methyl sites for hydroxylation is 1. The Morgan fingerprint density at radius 2 is 1.20 bits per heavy atom. The predicted molar refractivity (Wildman–Crippen MR) is 150 cm³/mol. The van der Waals surface area contributed by atoms with Crippen molar-refractivity contribution in [3.05, 3.63) is 60.8 Å². The fourth-order valence-corrected chi connectivity index (χ4v) is 4.42. The van der Waals surface area contributed by atoms with E-state index in [1.807, 2.05) is 54.5 Å². The van der Waals surface area contributed by atoms with E-state index in [1.165, 1.54) is 102 Å². The number of fused-ring (bicyclic) bond motifs is 1. The summed E-state index contributed by atoms with van der Waals surface area (Å²) in [5.74, 6) is 1.07. The lowest BCUT2D eigenvalue weighted by Gasteiger charge is -2.07. The number of pyridine rings is 1. The van der Waals surface area contributed by atoms with Gasteiger partial charge in [0.25, 0.3) is 0 Å². The highest BCUT2D eigenvalue weighted by Crippen LogP contribution is 2.14. The van der Waals surface area contributed by atoms with E-state index in [1.54, 1.807) is 0 Å². The quantitative estimate of drug-likeness (QED) is 0.171. The van der Waals surface area contributed by atoms with E-state index < -0.39 is 0 Å². The molecule has 2 heterocycles. The van der Waals surface area contributed by atoms with Crippen LogP contribution in [-0.4, -0.2) is 21.3 Å². The molecule has 0 aliphatic rings. The van der Waals surface area contributed by atoms with Crippen LogP contribution in [0.4, 0.5) is 0 Å². The van der Waals surface area contributed by atoms with Gasteiger partial charge >= 0.3 is 0 Å². The first-order valence-corrected chi connectivity index (χ1v) is 14.3. The van der Waals surface area contributed by atoms with Crippen molar-refractivity contribution in [2.24, 2.45) is 0 Å². The smallest absolute Gasteiger partial charge is 0.144 e. The Balaban J connectivity index is 0.000000353. The van der Waals surface area contributed by atoms with Crippen molar-refractivity contribution in [1.29, 1.82) is 0 Å². The summed E-state index contributed by atoms with van der Waals surface area (Å²) in [4.78, 5) is 14.1. The Hall–Kier alpha value is -2.36. The zero-order chi connectivity index (χ0) is 24.8. The van der Waals surface area contributed by atoms with Gasteiger partial charge in [0.15, 0.2) is 0 Å². The molecule has 0 aliphatic heterocycles. The van der Waals surface area contributed by atoms with E-state index in [4.69, 9.17) is 4.84 Å². The fraction of sp³-hybridized carbons (Fsp3) is 0.613. The summed E-state index contributed by atoms with van der Waals surface area (Å²) in [6.07, 6.45) is 27.7. The first-order chi connectivity index (χ1) is 17.3. The Labute approximate surface area is 214 Å². The summed E-state index contributed by atoms with van der Waals surface area (Å²) in [5.41, 5.74) is 1.06. The van der Waals surface area contributed by atoms with Crippen LogP contribution in [0.5, 0.6) is 0 Å². The number of hydrogen-bond donors (Lipinski definition) is 0. The minimum Gasteiger partial charge on any atom is -0.413 e. The molecule has 0 fully saturated rings. The van der Waals surface area contributed by atoms with E-state index in [9.17, 15) is 0 Å². The van der Waals surface area contributed by atoms with E-state index in [-0.39, 0.29) is 0 Å². The highest BCUT2D eigenvalue weighted by atomic mass is 16.7. The predicted octanol–water partition coefficient (Wildman–Crippen LogP) is 8.98. The van der Waals surface area contributed by atoms with Crippen molar-refractivity contribution < 1.29 is 4.84 Å². The second kappa shape index (κ2) is 19.9. The molecule has 3 aromatic rings. The van der Waals surface area contributed by atoms with Crippen LogP contribution in [-0.2, 0) is 6.42 Å². The highest BCUT2D eigenvalue weighted by Gasteiger charge is 2.02. The Kier molecular flexibility index (Phi) is 16.4. The van der Waals surface area contributed by atoms with Gasteiger partial charge in [-0.3, -0.25) is 4.98 Å². The van der Waals surface area contributed by atoms with Gasteiger partial charge in [-0.05, 0) is 25.5 Å². The van der Waals surface area contributed by atoms with Crippen LogP contribution in [0.15, 0.2) is 55.0 Å². The molecule has 0 aliphatic carbocycles. The molecule has 0 unspecified atom stereocenters. The minimum absolute atomic E-state index is 0.697. The zero-order valence-electron chi connectivity index (χ0n) is 22.5. The topological polar surface area (TPSA) is 39.9 Å². The number of aromatic nitrogens is 3. The second-order valence-electron chi connectivity index (χ2n) is 9.48. The molecule has 0 amide bonds. The molecule has 4 heteroatoms. The summed E-state index contributed by atoms with van der Waals surface area (Å²) in [6, 6.07) is 12.1. The lowest BCUT2D eigenvalue weighted by atomic mass is 10.0. The fourth-order valence-electron chi connectivity index (χ4n) is 4.42. The molecule has 0 spiro atoms. The molecular weight excluding hydrogens is 430 g/mol. The largest absolute Gasteiger partial charge is 0.413 e. The van der Waals surface area contributed by atoms with Crippen LogP contribution < -0.4 is 4.84 Å². The minimum atomic E-state index is 0.697. The van der Waals surface area contributed by atoms with Crippen molar-refractivity contribution in [1.82, 2.24) is 14.7 Å². The van der Waals surface area contributed by atoms with E-state index in [0.29, 0.717) is 6.61 Å². The lowest BCUT2D eigenvalue weighted by Crippen LogP contribution is -2.13. The third-order valence-electron chi connectivity index (χ3n) is 6.46. The Bertz CT molecular complexity index is 811. The van der Waals surface area contributed by atoms with Crippen molar-refractivity contribution in [3.8, 4) is 0 Å². The first kappa shape index (κ1) is 28.9. The Morgan fingerprint density at radius 1 is 0.629 bits per heavy atom. The third-order valence-corrected chi connectivity index (χ3v) is 6.46. The number of para-hydroxylation sites is 1. The van der Waals surface area contributed by atoms with E-state index in [2.05, 4.69) is 29.0 Å². The van der Waals surface area contributed by atoms with Gasteiger partial charge in [0.05, 0.1) is 11.7 Å². The SMILES string of the molecule is CCCCCCCCCCCCCCCCCc1nccn1OCC.c1ccc2ncccc2c1. The van der Waals surface area contributed by atoms with Crippen molar-refractivity contribution >= 4 is 10.9 Å². The third kappa shape index (κ3) is 13.3. The average Bonchev–Trinajstić information content (AvgIpc) is 3.34. The van der Waals surface area contributed by atoms with Crippen LogP contribution in [0.3, 0.4) is 0 Å². The van der Waals surface area contributed by atoms with Gasteiger partial charge in [-0.2, -0.15) is 4.73 Å². The summed E-state index contributed by atoms with van der Waals surface area (Å²) < 4.78 is 1.82. The van der Waals surface area contributed by atoms with Crippen molar-refractivity contribution in [2.75, 3.05) is 6.61 Å². The number of nitrogens with zero attached hydrogens (tertiary/aromatic N) is 3. The maximum atomic E-state index is 5.51. The monoisotopic (exact) mass is 479 g/mol. The van der Waals surface area contributed by atoms with Crippen LogP contribution in [0.25, 0.3) is 10.9 Å². The maximum absolute atomic E-state index is 5.51. The molecule has 4 nitrogen and oxygen atoms in total. The summed E-state index contributed by atoms with van der Waals surface area (Å²) in [6.45, 7) is 5.00. The number of rotatable bonds is 18.